The van der Waals surface area contributed by atoms with E-state index in [1.807, 2.05) is 59.9 Å². The van der Waals surface area contributed by atoms with Gasteiger partial charge in [0, 0.05) is 11.5 Å². The van der Waals surface area contributed by atoms with Gasteiger partial charge in [-0.3, -0.25) is 0 Å². The van der Waals surface area contributed by atoms with Crippen LogP contribution in [0.5, 0.6) is 0 Å². The van der Waals surface area contributed by atoms with Crippen molar-refractivity contribution in [3.63, 3.8) is 0 Å². The monoisotopic (exact) mass is 394 g/mol. The molecule has 0 atom stereocenters. The minimum Gasteiger partial charge on any atom is -0.465 e. The Kier molecular flexibility index (Phi) is 7.43. The first-order valence-corrected chi connectivity index (χ1v) is 10.9. The van der Waals surface area contributed by atoms with Crippen LogP contribution in [0.15, 0.2) is 84.9 Å². The predicted octanol–water partition coefficient (Wildman–Crippen LogP) is 6.34. The molecule has 0 aliphatic rings. The summed E-state index contributed by atoms with van der Waals surface area (Å²) in [6, 6.07) is 28.8. The molecule has 0 radical (unpaired) electrons. The lowest BCUT2D eigenvalue weighted by Gasteiger charge is -2.17. The fourth-order valence-corrected chi connectivity index (χ4v) is 5.19. The van der Waals surface area contributed by atoms with Crippen molar-refractivity contribution < 1.29 is 9.53 Å². The molecule has 2 nitrogen and oxygen atoms in total. The molecule has 0 amide bonds. The van der Waals surface area contributed by atoms with Crippen LogP contribution in [-0.2, 0) is 16.2 Å². The second-order valence-electron chi connectivity index (χ2n) is 6.04. The predicted molar refractivity (Wildman–Crippen MR) is 116 cm³/mol. The number of carbonyl (C=O) groups is 1. The van der Waals surface area contributed by atoms with E-state index in [-0.39, 0.29) is 10.6 Å². The highest BCUT2D eigenvalue weighted by Crippen LogP contribution is 2.42. The van der Waals surface area contributed by atoms with Crippen LogP contribution in [0.2, 0.25) is 0 Å². The van der Waals surface area contributed by atoms with Crippen molar-refractivity contribution in [1.82, 2.24) is 0 Å². The average molecular weight is 395 g/mol. The molecule has 138 valence electrons. The molecule has 3 aromatic carbocycles. The standard InChI is InChI=1S/C23H22O2S2/c1-25-22(24)20-12-14-21(15-13-20)23(26-16-18-8-4-2-5-9-18)27-17-19-10-6-3-7-11-19/h2-15,23H,16-17H2,1H3. The summed E-state index contributed by atoms with van der Waals surface area (Å²) in [7, 11) is 1.41. The minimum atomic E-state index is -0.299. The van der Waals surface area contributed by atoms with Crippen LogP contribution in [0.3, 0.4) is 0 Å². The third-order valence-corrected chi connectivity index (χ3v) is 7.06. The molecule has 0 spiro atoms. The summed E-state index contributed by atoms with van der Waals surface area (Å²) in [6.07, 6.45) is 0. The van der Waals surface area contributed by atoms with Gasteiger partial charge in [0.2, 0.25) is 0 Å². The van der Waals surface area contributed by atoms with Gasteiger partial charge in [0.05, 0.1) is 17.3 Å². The second-order valence-corrected chi connectivity index (χ2v) is 8.52. The maximum absolute atomic E-state index is 11.7. The molecular formula is C23H22O2S2. The third kappa shape index (κ3) is 5.91. The highest BCUT2D eigenvalue weighted by molar-refractivity contribution is 8.15. The first kappa shape index (κ1) is 19.6. The molecular weight excluding hydrogens is 372 g/mol. The van der Waals surface area contributed by atoms with Crippen LogP contribution in [0.4, 0.5) is 0 Å². The Morgan fingerprint density at radius 3 is 1.70 bits per heavy atom. The van der Waals surface area contributed by atoms with E-state index in [0.717, 1.165) is 11.5 Å². The smallest absolute Gasteiger partial charge is 0.337 e. The van der Waals surface area contributed by atoms with Crippen LogP contribution in [0.25, 0.3) is 0 Å². The van der Waals surface area contributed by atoms with E-state index in [4.69, 9.17) is 4.74 Å². The Balaban J connectivity index is 1.72. The lowest BCUT2D eigenvalue weighted by molar-refractivity contribution is 0.0600. The van der Waals surface area contributed by atoms with Gasteiger partial charge in [-0.05, 0) is 28.8 Å². The zero-order chi connectivity index (χ0) is 18.9. The molecule has 0 saturated heterocycles. The normalized spacial score (nSPS) is 10.7. The van der Waals surface area contributed by atoms with Gasteiger partial charge in [0.15, 0.2) is 0 Å². The van der Waals surface area contributed by atoms with E-state index < -0.39 is 0 Å². The van der Waals surface area contributed by atoms with Gasteiger partial charge in [0.1, 0.15) is 0 Å². The van der Waals surface area contributed by atoms with Crippen molar-refractivity contribution >= 4 is 29.5 Å². The van der Waals surface area contributed by atoms with Crippen molar-refractivity contribution in [1.29, 1.82) is 0 Å². The van der Waals surface area contributed by atoms with E-state index in [2.05, 4.69) is 48.5 Å². The van der Waals surface area contributed by atoms with Crippen LogP contribution < -0.4 is 0 Å². The van der Waals surface area contributed by atoms with Crippen LogP contribution >= 0.6 is 23.5 Å². The summed E-state index contributed by atoms with van der Waals surface area (Å²) in [5.41, 5.74) is 4.43. The number of benzene rings is 3. The summed E-state index contributed by atoms with van der Waals surface area (Å²) in [5, 5.41) is 0. The van der Waals surface area contributed by atoms with Crippen LogP contribution in [0.1, 0.15) is 31.6 Å². The van der Waals surface area contributed by atoms with Crippen molar-refractivity contribution in [2.24, 2.45) is 0 Å². The highest BCUT2D eigenvalue weighted by atomic mass is 32.2. The molecule has 0 saturated carbocycles. The summed E-state index contributed by atoms with van der Waals surface area (Å²) < 4.78 is 5.09. The Morgan fingerprint density at radius 1 is 0.778 bits per heavy atom. The number of esters is 1. The lowest BCUT2D eigenvalue weighted by Crippen LogP contribution is -2.01. The lowest BCUT2D eigenvalue weighted by atomic mass is 10.1. The SMILES string of the molecule is COC(=O)c1ccc(C(SCc2ccccc2)SCc2ccccc2)cc1. The molecule has 0 aliphatic heterocycles. The molecule has 0 unspecified atom stereocenters. The van der Waals surface area contributed by atoms with E-state index >= 15 is 0 Å². The van der Waals surface area contributed by atoms with Gasteiger partial charge in [-0.25, -0.2) is 4.79 Å². The topological polar surface area (TPSA) is 26.3 Å². The number of rotatable bonds is 8. The zero-order valence-corrected chi connectivity index (χ0v) is 16.8. The van der Waals surface area contributed by atoms with E-state index in [1.165, 1.54) is 23.8 Å². The zero-order valence-electron chi connectivity index (χ0n) is 15.2. The number of methoxy groups -OCH3 is 1. The summed E-state index contributed by atoms with van der Waals surface area (Å²) >= 11 is 3.83. The molecule has 0 heterocycles. The summed E-state index contributed by atoms with van der Waals surface area (Å²) in [5.74, 6) is 1.60. The fraction of sp³-hybridized carbons (Fsp3) is 0.174. The maximum atomic E-state index is 11.7. The van der Waals surface area contributed by atoms with Gasteiger partial charge in [-0.1, -0.05) is 72.8 Å². The average Bonchev–Trinajstić information content (AvgIpc) is 2.75. The molecule has 4 heteroatoms. The molecule has 0 fully saturated rings. The van der Waals surface area contributed by atoms with Crippen molar-refractivity contribution in [2.45, 2.75) is 16.1 Å². The molecule has 0 N–H and O–H groups in total. The Bertz CT molecular complexity index is 790. The van der Waals surface area contributed by atoms with Crippen molar-refractivity contribution in [2.75, 3.05) is 7.11 Å². The maximum Gasteiger partial charge on any atom is 0.337 e. The number of thioether (sulfide) groups is 2. The van der Waals surface area contributed by atoms with Crippen molar-refractivity contribution in [3.05, 3.63) is 107 Å². The van der Waals surface area contributed by atoms with Gasteiger partial charge >= 0.3 is 5.97 Å². The number of hydrogen-bond donors (Lipinski definition) is 0. The van der Waals surface area contributed by atoms with Crippen LogP contribution in [0, 0.1) is 0 Å². The highest BCUT2D eigenvalue weighted by Gasteiger charge is 2.15. The number of ether oxygens (including phenoxy) is 1. The van der Waals surface area contributed by atoms with Gasteiger partial charge in [-0.2, -0.15) is 0 Å². The summed E-state index contributed by atoms with van der Waals surface area (Å²) in [4.78, 5) is 11.7. The number of carbonyl (C=O) groups excluding carboxylic acids is 1. The van der Waals surface area contributed by atoms with Gasteiger partial charge in [-0.15, -0.1) is 23.5 Å². The molecule has 27 heavy (non-hydrogen) atoms. The quantitative estimate of drug-likeness (QED) is 0.329. The first-order chi connectivity index (χ1) is 13.3. The third-order valence-electron chi connectivity index (χ3n) is 4.09. The van der Waals surface area contributed by atoms with Gasteiger partial charge in [0.25, 0.3) is 0 Å². The molecule has 3 aromatic rings. The Morgan fingerprint density at radius 2 is 1.26 bits per heavy atom. The minimum absolute atomic E-state index is 0.289. The van der Waals surface area contributed by atoms with E-state index in [9.17, 15) is 4.79 Å². The molecule has 3 rings (SSSR count). The Hall–Kier alpha value is -2.17. The fourth-order valence-electron chi connectivity index (χ4n) is 2.63. The molecule has 0 aromatic heterocycles. The second kappa shape index (κ2) is 10.2. The summed E-state index contributed by atoms with van der Waals surface area (Å²) in [6.45, 7) is 0. The molecule has 0 aliphatic carbocycles. The van der Waals surface area contributed by atoms with Gasteiger partial charge < -0.3 is 4.74 Å². The first-order valence-electron chi connectivity index (χ1n) is 8.75. The number of hydrogen-bond acceptors (Lipinski definition) is 4. The molecule has 0 bridgehead atoms. The Labute approximate surface area is 169 Å². The van der Waals surface area contributed by atoms with E-state index in [0.29, 0.717) is 5.56 Å². The van der Waals surface area contributed by atoms with Crippen LogP contribution in [-0.4, -0.2) is 13.1 Å². The largest absolute Gasteiger partial charge is 0.465 e. The van der Waals surface area contributed by atoms with Crippen molar-refractivity contribution in [3.8, 4) is 0 Å². The van der Waals surface area contributed by atoms with E-state index in [1.54, 1.807) is 0 Å².